The summed E-state index contributed by atoms with van der Waals surface area (Å²) in [7, 11) is 0. The molecular formula is C21H20N2O2. The van der Waals surface area contributed by atoms with Crippen LogP contribution in [0.5, 0.6) is 0 Å². The maximum absolute atomic E-state index is 12.8. The second-order valence-corrected chi connectivity index (χ2v) is 6.46. The van der Waals surface area contributed by atoms with Crippen LogP contribution in [0.1, 0.15) is 27.9 Å². The van der Waals surface area contributed by atoms with Gasteiger partial charge in [-0.3, -0.25) is 9.59 Å². The maximum atomic E-state index is 12.8. The van der Waals surface area contributed by atoms with Crippen LogP contribution >= 0.6 is 0 Å². The highest BCUT2D eigenvalue weighted by molar-refractivity contribution is 5.98. The number of aromatic nitrogens is 1. The molecule has 1 aromatic heterocycles. The number of nitrogens with one attached hydrogen (secondary N) is 1. The van der Waals surface area contributed by atoms with Crippen LogP contribution in [0.2, 0.25) is 0 Å². The van der Waals surface area contributed by atoms with Gasteiger partial charge in [-0.25, -0.2) is 0 Å². The van der Waals surface area contributed by atoms with Crippen LogP contribution in [0.3, 0.4) is 0 Å². The number of amides is 1. The highest BCUT2D eigenvalue weighted by Gasteiger charge is 2.19. The van der Waals surface area contributed by atoms with Gasteiger partial charge in [0.2, 0.25) is 0 Å². The van der Waals surface area contributed by atoms with E-state index >= 15 is 0 Å². The van der Waals surface area contributed by atoms with Crippen LogP contribution in [0.4, 0.5) is 0 Å². The third kappa shape index (κ3) is 2.95. The average Bonchev–Trinajstić information content (AvgIpc) is 2.65. The van der Waals surface area contributed by atoms with E-state index in [1.165, 1.54) is 5.56 Å². The van der Waals surface area contributed by atoms with E-state index in [4.69, 9.17) is 0 Å². The van der Waals surface area contributed by atoms with Crippen LogP contribution in [0, 0.1) is 0 Å². The first-order valence-electron chi connectivity index (χ1n) is 8.71. The molecule has 0 atom stereocenters. The molecule has 126 valence electrons. The van der Waals surface area contributed by atoms with Crippen molar-refractivity contribution >= 4 is 16.8 Å². The van der Waals surface area contributed by atoms with Crippen LogP contribution in [0.25, 0.3) is 10.9 Å². The Morgan fingerprint density at radius 1 is 1.08 bits per heavy atom. The summed E-state index contributed by atoms with van der Waals surface area (Å²) in [5, 5.41) is 3.85. The van der Waals surface area contributed by atoms with E-state index in [-0.39, 0.29) is 17.0 Å². The smallest absolute Gasteiger partial charge is 0.263 e. The summed E-state index contributed by atoms with van der Waals surface area (Å²) in [6.07, 6.45) is 2.67. The van der Waals surface area contributed by atoms with Crippen molar-refractivity contribution in [1.29, 1.82) is 0 Å². The number of rotatable bonds is 4. The van der Waals surface area contributed by atoms with Crippen molar-refractivity contribution in [2.24, 2.45) is 0 Å². The quantitative estimate of drug-likeness (QED) is 0.799. The third-order valence-electron chi connectivity index (χ3n) is 4.81. The number of carbonyl (C=O) groups excluding carboxylic acids is 1. The minimum atomic E-state index is -0.289. The number of hydrogen-bond acceptors (Lipinski definition) is 2. The lowest BCUT2D eigenvalue weighted by molar-refractivity contribution is 0.0952. The maximum Gasteiger partial charge on any atom is 0.263 e. The Hall–Kier alpha value is -2.88. The van der Waals surface area contributed by atoms with Crippen LogP contribution < -0.4 is 10.9 Å². The van der Waals surface area contributed by atoms with E-state index in [9.17, 15) is 9.59 Å². The zero-order valence-corrected chi connectivity index (χ0v) is 14.0. The normalized spacial score (nSPS) is 13.0. The van der Waals surface area contributed by atoms with Crippen molar-refractivity contribution in [3.8, 4) is 0 Å². The summed E-state index contributed by atoms with van der Waals surface area (Å²) in [6.45, 7) is 1.19. The summed E-state index contributed by atoms with van der Waals surface area (Å²) in [5.41, 5.74) is 3.39. The molecule has 0 aliphatic carbocycles. The van der Waals surface area contributed by atoms with Crippen molar-refractivity contribution in [3.63, 3.8) is 0 Å². The zero-order chi connectivity index (χ0) is 17.2. The molecule has 0 unspecified atom stereocenters. The van der Waals surface area contributed by atoms with Gasteiger partial charge in [-0.2, -0.15) is 0 Å². The molecule has 0 spiro atoms. The Kier molecular flexibility index (Phi) is 4.10. The molecule has 0 bridgehead atoms. The molecule has 2 aromatic carbocycles. The molecule has 1 aliphatic heterocycles. The number of benzene rings is 2. The monoisotopic (exact) mass is 332 g/mol. The fraction of sp³-hybridized carbons (Fsp3) is 0.238. The summed E-state index contributed by atoms with van der Waals surface area (Å²) >= 11 is 0. The summed E-state index contributed by atoms with van der Waals surface area (Å²) < 4.78 is 1.76. The molecule has 0 fully saturated rings. The Bertz CT molecular complexity index is 990. The van der Waals surface area contributed by atoms with Gasteiger partial charge in [0.25, 0.3) is 11.5 Å². The first-order valence-corrected chi connectivity index (χ1v) is 8.71. The first kappa shape index (κ1) is 15.6. The van der Waals surface area contributed by atoms with E-state index in [0.717, 1.165) is 35.7 Å². The standard InChI is InChI=1S/C21H20N2O2/c24-20(22-12-11-15-6-2-1-3-7-15)18-14-17-9-4-8-16-10-5-13-23(19(16)17)21(18)25/h1-4,6-9,14H,5,10-13H2,(H,22,24). The predicted octanol–water partition coefficient (Wildman–Crippen LogP) is 2.92. The van der Waals surface area contributed by atoms with Crippen molar-refractivity contribution in [1.82, 2.24) is 9.88 Å². The molecule has 0 saturated heterocycles. The summed E-state index contributed by atoms with van der Waals surface area (Å²) in [5.74, 6) is -0.289. The Morgan fingerprint density at radius 3 is 2.76 bits per heavy atom. The summed E-state index contributed by atoms with van der Waals surface area (Å²) in [4.78, 5) is 25.3. The Labute approximate surface area is 146 Å². The second kappa shape index (κ2) is 6.55. The molecule has 1 amide bonds. The first-order chi connectivity index (χ1) is 12.2. The van der Waals surface area contributed by atoms with E-state index in [1.807, 2.05) is 42.5 Å². The minimum absolute atomic E-state index is 0.183. The number of hydrogen-bond donors (Lipinski definition) is 1. The van der Waals surface area contributed by atoms with Crippen molar-refractivity contribution in [3.05, 3.63) is 81.6 Å². The number of nitrogens with zero attached hydrogens (tertiary/aromatic N) is 1. The lowest BCUT2D eigenvalue weighted by atomic mass is 10.00. The van der Waals surface area contributed by atoms with E-state index < -0.39 is 0 Å². The summed E-state index contributed by atoms with van der Waals surface area (Å²) in [6, 6.07) is 17.8. The number of para-hydroxylation sites is 1. The lowest BCUT2D eigenvalue weighted by Crippen LogP contribution is -2.35. The van der Waals surface area contributed by atoms with Gasteiger partial charge in [-0.15, -0.1) is 0 Å². The van der Waals surface area contributed by atoms with Crippen molar-refractivity contribution in [2.75, 3.05) is 6.54 Å². The highest BCUT2D eigenvalue weighted by Crippen LogP contribution is 2.23. The fourth-order valence-electron chi connectivity index (χ4n) is 3.59. The van der Waals surface area contributed by atoms with Gasteiger partial charge in [-0.05, 0) is 41.8 Å². The predicted molar refractivity (Wildman–Crippen MR) is 99.0 cm³/mol. The third-order valence-corrected chi connectivity index (χ3v) is 4.81. The fourth-order valence-corrected chi connectivity index (χ4v) is 3.59. The van der Waals surface area contributed by atoms with E-state index in [2.05, 4.69) is 11.4 Å². The molecule has 3 aromatic rings. The van der Waals surface area contributed by atoms with Gasteiger partial charge < -0.3 is 9.88 Å². The van der Waals surface area contributed by atoms with Crippen LogP contribution in [-0.2, 0) is 19.4 Å². The van der Waals surface area contributed by atoms with Gasteiger partial charge in [0.15, 0.2) is 0 Å². The molecule has 25 heavy (non-hydrogen) atoms. The molecular weight excluding hydrogens is 312 g/mol. The number of pyridine rings is 1. The molecule has 0 radical (unpaired) electrons. The molecule has 1 aliphatic rings. The van der Waals surface area contributed by atoms with Crippen molar-refractivity contribution in [2.45, 2.75) is 25.8 Å². The van der Waals surface area contributed by atoms with Gasteiger partial charge in [0.05, 0.1) is 5.52 Å². The largest absolute Gasteiger partial charge is 0.352 e. The number of carbonyl (C=O) groups is 1. The van der Waals surface area contributed by atoms with Gasteiger partial charge in [-0.1, -0.05) is 48.5 Å². The van der Waals surface area contributed by atoms with Crippen LogP contribution in [-0.4, -0.2) is 17.0 Å². The average molecular weight is 332 g/mol. The second-order valence-electron chi connectivity index (χ2n) is 6.46. The van der Waals surface area contributed by atoms with Gasteiger partial charge >= 0.3 is 0 Å². The number of aryl methyl sites for hydroxylation is 2. The highest BCUT2D eigenvalue weighted by atomic mass is 16.2. The van der Waals surface area contributed by atoms with Crippen LogP contribution in [0.15, 0.2) is 59.4 Å². The van der Waals surface area contributed by atoms with Gasteiger partial charge in [0.1, 0.15) is 5.56 Å². The molecule has 4 nitrogen and oxygen atoms in total. The molecule has 2 heterocycles. The lowest BCUT2D eigenvalue weighted by Gasteiger charge is -2.20. The van der Waals surface area contributed by atoms with Crippen molar-refractivity contribution < 1.29 is 4.79 Å². The van der Waals surface area contributed by atoms with E-state index in [0.29, 0.717) is 13.1 Å². The van der Waals surface area contributed by atoms with Gasteiger partial charge in [0, 0.05) is 13.1 Å². The molecule has 4 heteroatoms. The molecule has 1 N–H and O–H groups in total. The Balaban J connectivity index is 1.60. The minimum Gasteiger partial charge on any atom is -0.352 e. The molecule has 0 saturated carbocycles. The van der Waals surface area contributed by atoms with E-state index in [1.54, 1.807) is 10.6 Å². The zero-order valence-electron chi connectivity index (χ0n) is 14.0. The Morgan fingerprint density at radius 2 is 1.92 bits per heavy atom. The SMILES string of the molecule is O=C(NCCc1ccccc1)c1cc2cccc3c2n(c1=O)CCC3. The topological polar surface area (TPSA) is 51.1 Å². The molecule has 4 rings (SSSR count).